The number of aromatic hydroxyl groups is 3. The van der Waals surface area contributed by atoms with E-state index in [1.165, 1.54) is 12.3 Å². The lowest BCUT2D eigenvalue weighted by molar-refractivity contribution is 0.0790. The van der Waals surface area contributed by atoms with Crippen LogP contribution in [0.1, 0.15) is 78.5 Å². The number of Topliss-reactive ketones (excluding diaryl/α,β-unsaturated/α-hetero) is 3. The molecule has 4 N–H and O–H groups in total. The molecular formula is C29H21ClN2O10. The maximum atomic E-state index is 14.1. The van der Waals surface area contributed by atoms with Gasteiger partial charge in [0.15, 0.2) is 23.1 Å². The predicted molar refractivity (Wildman–Crippen MR) is 147 cm³/mol. The number of rotatable bonds is 4. The summed E-state index contributed by atoms with van der Waals surface area (Å²) in [6.07, 6.45) is 1.61. The molecule has 6 rings (SSSR count). The summed E-state index contributed by atoms with van der Waals surface area (Å²) >= 11 is 6.72. The molecule has 0 fully saturated rings. The standard InChI is InChI=1S/C29H21ClN2O10/c1-9(2)42-31-8-10-6-12-15(28(40)32-10)25(37)20-11(21(12)30)4-5-29(20)26(38)18-19(27(29)39)24(36)17-16(23(18)35)13(33)7-14(41-3)22(17)34/h6-9,35-37H,4-5H2,1-3H3,(H,32,40)/t29-/m0/s1. The molecule has 3 aliphatic rings. The Labute approximate surface area is 240 Å². The van der Waals surface area contributed by atoms with Gasteiger partial charge in [0.2, 0.25) is 5.78 Å². The summed E-state index contributed by atoms with van der Waals surface area (Å²) in [6.45, 7) is 3.52. The third kappa shape index (κ3) is 3.29. The van der Waals surface area contributed by atoms with E-state index in [0.717, 1.165) is 13.2 Å². The van der Waals surface area contributed by atoms with Crippen molar-refractivity contribution in [3.63, 3.8) is 0 Å². The molecule has 0 bridgehead atoms. The van der Waals surface area contributed by atoms with Crippen LogP contribution in [-0.4, -0.2) is 62.9 Å². The van der Waals surface area contributed by atoms with Crippen molar-refractivity contribution in [3.05, 3.63) is 72.4 Å². The smallest absolute Gasteiger partial charge is 0.260 e. The van der Waals surface area contributed by atoms with Crippen molar-refractivity contribution in [2.75, 3.05) is 7.11 Å². The van der Waals surface area contributed by atoms with Crippen LogP contribution >= 0.6 is 11.6 Å². The average Bonchev–Trinajstić information content (AvgIpc) is 3.44. The number of halogens is 1. The molecule has 1 aromatic heterocycles. The second-order valence-electron chi connectivity index (χ2n) is 10.4. The minimum atomic E-state index is -2.19. The lowest BCUT2D eigenvalue weighted by Gasteiger charge is -2.23. The molecule has 3 aliphatic carbocycles. The number of oxime groups is 1. The number of pyridine rings is 1. The van der Waals surface area contributed by atoms with E-state index in [1.807, 2.05) is 0 Å². The van der Waals surface area contributed by atoms with Gasteiger partial charge in [0.05, 0.1) is 51.7 Å². The van der Waals surface area contributed by atoms with E-state index in [-0.39, 0.29) is 51.6 Å². The van der Waals surface area contributed by atoms with Gasteiger partial charge in [-0.25, -0.2) is 0 Å². The maximum absolute atomic E-state index is 14.1. The number of benzene rings is 2. The van der Waals surface area contributed by atoms with Crippen LogP contribution in [0, 0.1) is 0 Å². The number of allylic oxidation sites excluding steroid dienone is 2. The molecule has 1 atom stereocenters. The maximum Gasteiger partial charge on any atom is 0.260 e. The average molecular weight is 593 g/mol. The summed E-state index contributed by atoms with van der Waals surface area (Å²) in [5, 5.41) is 37.3. The van der Waals surface area contributed by atoms with Crippen LogP contribution in [0.5, 0.6) is 17.2 Å². The number of nitrogens with zero attached hydrogens (tertiary/aromatic N) is 1. The van der Waals surface area contributed by atoms with Crippen LogP contribution in [0.15, 0.2) is 27.9 Å². The number of hydrogen-bond acceptors (Lipinski definition) is 11. The zero-order valence-corrected chi connectivity index (χ0v) is 23.0. The van der Waals surface area contributed by atoms with E-state index < -0.39 is 79.4 Å². The van der Waals surface area contributed by atoms with Crippen LogP contribution in [-0.2, 0) is 21.4 Å². The first-order chi connectivity index (χ1) is 19.9. The van der Waals surface area contributed by atoms with E-state index >= 15 is 0 Å². The normalized spacial score (nSPS) is 19.2. The molecule has 214 valence electrons. The number of ether oxygens (including phenoxy) is 1. The highest BCUT2D eigenvalue weighted by molar-refractivity contribution is 6.41. The Morgan fingerprint density at radius 3 is 2.26 bits per heavy atom. The Morgan fingerprint density at radius 1 is 1.00 bits per heavy atom. The topological polar surface area (TPSA) is 193 Å². The zero-order chi connectivity index (χ0) is 30.4. The number of H-pyrrole nitrogens is 1. The molecular weight excluding hydrogens is 572 g/mol. The van der Waals surface area contributed by atoms with Crippen LogP contribution in [0.3, 0.4) is 0 Å². The third-order valence-corrected chi connectivity index (χ3v) is 8.26. The Bertz CT molecular complexity index is 1970. The van der Waals surface area contributed by atoms with Gasteiger partial charge >= 0.3 is 0 Å². The molecule has 0 unspecified atom stereocenters. The van der Waals surface area contributed by atoms with Crippen molar-refractivity contribution in [3.8, 4) is 17.2 Å². The largest absolute Gasteiger partial charge is 0.507 e. The first-order valence-electron chi connectivity index (χ1n) is 12.7. The van der Waals surface area contributed by atoms with Gasteiger partial charge in [-0.3, -0.25) is 24.0 Å². The van der Waals surface area contributed by atoms with E-state index in [4.69, 9.17) is 21.2 Å². The Kier molecular flexibility index (Phi) is 5.84. The number of phenols is 3. The minimum Gasteiger partial charge on any atom is -0.507 e. The number of fused-ring (bicyclic) bond motifs is 5. The minimum absolute atomic E-state index is 0.00351. The summed E-state index contributed by atoms with van der Waals surface area (Å²) in [6, 6.07) is 1.45. The first kappa shape index (κ1) is 27.2. The molecule has 0 saturated heterocycles. The fourth-order valence-electron chi connectivity index (χ4n) is 6.08. The van der Waals surface area contributed by atoms with Crippen molar-refractivity contribution >= 4 is 51.7 Å². The number of nitrogens with one attached hydrogen (secondary N) is 1. The first-order valence-corrected chi connectivity index (χ1v) is 13.1. The Balaban J connectivity index is 1.59. The number of carbonyl (C=O) groups excluding carboxylic acids is 4. The lowest BCUT2D eigenvalue weighted by atomic mass is 9.76. The molecule has 42 heavy (non-hydrogen) atoms. The Hall–Kier alpha value is -4.97. The van der Waals surface area contributed by atoms with Gasteiger partial charge in [0.25, 0.3) is 5.56 Å². The summed E-state index contributed by atoms with van der Waals surface area (Å²) < 4.78 is 4.90. The van der Waals surface area contributed by atoms with Gasteiger partial charge in [-0.15, -0.1) is 0 Å². The molecule has 13 heteroatoms. The van der Waals surface area contributed by atoms with E-state index in [2.05, 4.69) is 10.1 Å². The summed E-state index contributed by atoms with van der Waals surface area (Å²) in [5.41, 5.74) is -5.49. The number of aromatic amines is 1. The number of hydrogen-bond donors (Lipinski definition) is 4. The molecule has 12 nitrogen and oxygen atoms in total. The van der Waals surface area contributed by atoms with E-state index in [1.54, 1.807) is 13.8 Å². The van der Waals surface area contributed by atoms with Crippen LogP contribution in [0.2, 0.25) is 5.02 Å². The van der Waals surface area contributed by atoms with Gasteiger partial charge < -0.3 is 29.9 Å². The van der Waals surface area contributed by atoms with Crippen molar-refractivity contribution in [2.45, 2.75) is 38.2 Å². The zero-order valence-electron chi connectivity index (χ0n) is 22.2. The fraction of sp³-hybridized carbons (Fsp3) is 0.241. The number of carbonyl (C=O) groups is 4. The fourth-order valence-corrected chi connectivity index (χ4v) is 6.42. The molecule has 1 heterocycles. The molecule has 0 saturated carbocycles. The molecule has 0 amide bonds. The number of methoxy groups -OCH3 is 1. The van der Waals surface area contributed by atoms with Crippen molar-refractivity contribution in [1.29, 1.82) is 0 Å². The monoisotopic (exact) mass is 592 g/mol. The van der Waals surface area contributed by atoms with Gasteiger partial charge in [-0.2, -0.15) is 0 Å². The van der Waals surface area contributed by atoms with Gasteiger partial charge in [-0.1, -0.05) is 16.8 Å². The molecule has 0 radical (unpaired) electrons. The Morgan fingerprint density at radius 2 is 1.64 bits per heavy atom. The third-order valence-electron chi connectivity index (χ3n) is 7.83. The number of ketones is 4. The van der Waals surface area contributed by atoms with Crippen molar-refractivity contribution < 1.29 is 44.1 Å². The summed E-state index contributed by atoms with van der Waals surface area (Å²) in [7, 11) is 1.12. The highest BCUT2D eigenvalue weighted by Gasteiger charge is 2.62. The van der Waals surface area contributed by atoms with Crippen molar-refractivity contribution in [1.82, 2.24) is 4.98 Å². The molecule has 1 spiro atoms. The highest BCUT2D eigenvalue weighted by Crippen LogP contribution is 2.58. The predicted octanol–water partition coefficient (Wildman–Crippen LogP) is 3.23. The number of phenolic OH excluding ortho intramolecular Hbond substituents is 3. The summed E-state index contributed by atoms with van der Waals surface area (Å²) in [4.78, 5) is 74.7. The van der Waals surface area contributed by atoms with Gasteiger partial charge in [0, 0.05) is 17.0 Å². The van der Waals surface area contributed by atoms with Gasteiger partial charge in [0.1, 0.15) is 28.8 Å². The van der Waals surface area contributed by atoms with E-state index in [0.29, 0.717) is 0 Å². The van der Waals surface area contributed by atoms with Crippen LogP contribution in [0.25, 0.3) is 10.8 Å². The highest BCUT2D eigenvalue weighted by atomic mass is 35.5. The lowest BCUT2D eigenvalue weighted by Crippen LogP contribution is -2.36. The summed E-state index contributed by atoms with van der Waals surface area (Å²) in [5.74, 6) is -6.99. The van der Waals surface area contributed by atoms with Gasteiger partial charge in [-0.05, 0) is 38.3 Å². The second-order valence-corrected chi connectivity index (χ2v) is 10.8. The molecule has 3 aromatic rings. The quantitative estimate of drug-likeness (QED) is 0.151. The van der Waals surface area contributed by atoms with Crippen LogP contribution in [0.4, 0.5) is 0 Å². The van der Waals surface area contributed by atoms with Crippen molar-refractivity contribution in [2.24, 2.45) is 5.16 Å². The second kappa shape index (κ2) is 9.02. The van der Waals surface area contributed by atoms with E-state index in [9.17, 15) is 39.3 Å². The number of aromatic nitrogens is 1. The SMILES string of the molecule is COC1=CC(=O)c2c(O)c3c(c(O)c2C1=O)C(=O)[C@]1(CCc2c1c(O)c1c(=O)[nH]c(C=NOC(C)C)cc1c2Cl)C3=O. The molecule has 0 aliphatic heterocycles. The molecule has 2 aromatic carbocycles. The van der Waals surface area contributed by atoms with Crippen LogP contribution < -0.4 is 5.56 Å².